The Morgan fingerprint density at radius 1 is 1.10 bits per heavy atom. The molecule has 2 aromatic heterocycles. The number of nitrogens with one attached hydrogen (secondary N) is 2. The number of benzene rings is 2. The molecule has 0 aliphatic rings. The Morgan fingerprint density at radius 3 is 2.76 bits per heavy atom. The molecule has 0 fully saturated rings. The van der Waals surface area contributed by atoms with Gasteiger partial charge in [0.15, 0.2) is 9.47 Å². The van der Waals surface area contributed by atoms with E-state index in [1.807, 2.05) is 19.1 Å². The van der Waals surface area contributed by atoms with E-state index in [0.717, 1.165) is 21.3 Å². The molecule has 0 atom stereocenters. The molecule has 0 radical (unpaired) electrons. The first-order valence-corrected chi connectivity index (χ1v) is 11.3. The van der Waals surface area contributed by atoms with Gasteiger partial charge in [0.05, 0.1) is 16.0 Å². The fraction of sp³-hybridized carbons (Fsp3) is 0.158. The van der Waals surface area contributed by atoms with E-state index < -0.39 is 0 Å². The van der Waals surface area contributed by atoms with Gasteiger partial charge in [0.25, 0.3) is 0 Å². The summed E-state index contributed by atoms with van der Waals surface area (Å²) in [5, 5.41) is 15.4. The van der Waals surface area contributed by atoms with Gasteiger partial charge in [0.2, 0.25) is 11.0 Å². The average molecular weight is 446 g/mol. The molecule has 2 N–H and O–H groups in total. The molecular weight excluding hydrogens is 429 g/mol. The number of aryl methyl sites for hydroxylation is 1. The zero-order valence-electron chi connectivity index (χ0n) is 15.3. The summed E-state index contributed by atoms with van der Waals surface area (Å²) in [6, 6.07) is 12.3. The van der Waals surface area contributed by atoms with Gasteiger partial charge in [-0.3, -0.25) is 4.79 Å². The van der Waals surface area contributed by atoms with Crippen LogP contribution in [0.5, 0.6) is 0 Å². The summed E-state index contributed by atoms with van der Waals surface area (Å²) in [6.07, 6.45) is 0. The number of hydrogen-bond acceptors (Lipinski definition) is 8. The molecule has 0 saturated carbocycles. The maximum absolute atomic E-state index is 12.9. The molecule has 0 bridgehead atoms. The third-order valence-electron chi connectivity index (χ3n) is 3.88. The lowest BCUT2D eigenvalue weighted by atomic mass is 10.2. The van der Waals surface area contributed by atoms with Crippen LogP contribution in [0.2, 0.25) is 0 Å². The summed E-state index contributed by atoms with van der Waals surface area (Å²) < 4.78 is 14.7. The van der Waals surface area contributed by atoms with Gasteiger partial charge < -0.3 is 10.6 Å². The van der Waals surface area contributed by atoms with Crippen molar-refractivity contribution in [2.24, 2.45) is 0 Å². The quantitative estimate of drug-likeness (QED) is 0.392. The van der Waals surface area contributed by atoms with Crippen LogP contribution in [0.15, 0.2) is 46.8 Å². The fourth-order valence-electron chi connectivity index (χ4n) is 2.49. The second kappa shape index (κ2) is 8.85. The van der Waals surface area contributed by atoms with Crippen LogP contribution in [-0.4, -0.2) is 26.8 Å². The zero-order chi connectivity index (χ0) is 20.2. The van der Waals surface area contributed by atoms with E-state index in [1.54, 1.807) is 12.1 Å². The number of thioether (sulfide) groups is 1. The first-order valence-electron chi connectivity index (χ1n) is 8.67. The van der Waals surface area contributed by atoms with Crippen molar-refractivity contribution in [1.82, 2.24) is 15.2 Å². The largest absolute Gasteiger partial charge is 0.356 e. The predicted molar refractivity (Wildman–Crippen MR) is 117 cm³/mol. The number of nitrogens with zero attached hydrogens (tertiary/aromatic N) is 3. The van der Waals surface area contributed by atoms with Gasteiger partial charge in [-0.1, -0.05) is 52.6 Å². The van der Waals surface area contributed by atoms with E-state index in [1.165, 1.54) is 46.6 Å². The Hall–Kier alpha value is -2.56. The molecule has 4 rings (SSSR count). The van der Waals surface area contributed by atoms with Crippen molar-refractivity contribution in [2.45, 2.75) is 17.8 Å². The van der Waals surface area contributed by atoms with Crippen molar-refractivity contribution in [3.63, 3.8) is 0 Å². The van der Waals surface area contributed by atoms with Crippen molar-refractivity contribution < 1.29 is 9.18 Å². The van der Waals surface area contributed by atoms with Crippen LogP contribution < -0.4 is 10.6 Å². The maximum Gasteiger partial charge on any atom is 0.236 e. The predicted octanol–water partition coefficient (Wildman–Crippen LogP) is 4.94. The molecule has 2 heterocycles. The Kier molecular flexibility index (Phi) is 6.02. The van der Waals surface area contributed by atoms with Crippen LogP contribution in [0, 0.1) is 12.7 Å². The number of thiazole rings is 1. The Labute approximate surface area is 178 Å². The van der Waals surface area contributed by atoms with Gasteiger partial charge in [-0.25, -0.2) is 9.37 Å². The SMILES string of the molecule is Cc1ccc2nc(NC(=O)CSc3nnc(NCc4ccc(F)cc4)s3)sc2c1. The molecule has 148 valence electrons. The summed E-state index contributed by atoms with van der Waals surface area (Å²) in [7, 11) is 0. The first-order chi connectivity index (χ1) is 14.0. The van der Waals surface area contributed by atoms with Gasteiger partial charge in [-0.2, -0.15) is 0 Å². The van der Waals surface area contributed by atoms with Crippen molar-refractivity contribution in [3.05, 3.63) is 59.4 Å². The highest BCUT2D eigenvalue weighted by Gasteiger charge is 2.11. The molecule has 0 aliphatic carbocycles. The average Bonchev–Trinajstić information content (AvgIpc) is 3.32. The minimum atomic E-state index is -0.261. The van der Waals surface area contributed by atoms with E-state index >= 15 is 0 Å². The Morgan fingerprint density at radius 2 is 1.93 bits per heavy atom. The highest BCUT2D eigenvalue weighted by molar-refractivity contribution is 8.01. The van der Waals surface area contributed by atoms with Crippen LogP contribution in [0.3, 0.4) is 0 Å². The van der Waals surface area contributed by atoms with Crippen LogP contribution in [0.1, 0.15) is 11.1 Å². The first kappa shape index (κ1) is 19.7. The summed E-state index contributed by atoms with van der Waals surface area (Å²) in [4.78, 5) is 16.6. The van der Waals surface area contributed by atoms with Crippen molar-refractivity contribution in [2.75, 3.05) is 16.4 Å². The van der Waals surface area contributed by atoms with Crippen LogP contribution in [0.4, 0.5) is 14.7 Å². The summed E-state index contributed by atoms with van der Waals surface area (Å²) >= 11 is 4.15. The molecule has 1 amide bonds. The zero-order valence-corrected chi connectivity index (χ0v) is 17.8. The number of fused-ring (bicyclic) bond motifs is 1. The van der Waals surface area contributed by atoms with E-state index in [0.29, 0.717) is 21.1 Å². The van der Waals surface area contributed by atoms with Gasteiger partial charge in [-0.05, 0) is 42.3 Å². The lowest BCUT2D eigenvalue weighted by molar-refractivity contribution is -0.113. The number of amides is 1. The molecule has 0 spiro atoms. The lowest BCUT2D eigenvalue weighted by Crippen LogP contribution is -2.13. The molecule has 2 aromatic carbocycles. The lowest BCUT2D eigenvalue weighted by Gasteiger charge is -2.01. The molecule has 4 aromatic rings. The van der Waals surface area contributed by atoms with Crippen LogP contribution in [0.25, 0.3) is 10.2 Å². The topological polar surface area (TPSA) is 79.8 Å². The van der Waals surface area contributed by atoms with Crippen molar-refractivity contribution in [1.29, 1.82) is 0 Å². The third kappa shape index (κ3) is 5.28. The minimum absolute atomic E-state index is 0.137. The minimum Gasteiger partial charge on any atom is -0.356 e. The standard InChI is InChI=1S/C19H16FN5OS3/c1-11-2-7-14-15(8-11)28-18(22-14)23-16(26)10-27-19-25-24-17(29-19)21-9-12-3-5-13(20)6-4-12/h2-8H,9-10H2,1H3,(H,21,24)(H,22,23,26). The number of aromatic nitrogens is 3. The molecule has 0 saturated heterocycles. The van der Waals surface area contributed by atoms with Gasteiger partial charge >= 0.3 is 0 Å². The second-order valence-corrected chi connectivity index (χ2v) is 9.41. The van der Waals surface area contributed by atoms with Crippen molar-refractivity contribution >= 4 is 60.8 Å². The number of hydrogen-bond donors (Lipinski definition) is 2. The maximum atomic E-state index is 12.9. The normalized spacial score (nSPS) is 11.0. The summed E-state index contributed by atoms with van der Waals surface area (Å²) in [6.45, 7) is 2.55. The number of anilines is 2. The number of carbonyl (C=O) groups excluding carboxylic acids is 1. The molecular formula is C19H16FN5OS3. The number of carbonyl (C=O) groups is 1. The van der Waals surface area contributed by atoms with Crippen molar-refractivity contribution in [3.8, 4) is 0 Å². The monoisotopic (exact) mass is 445 g/mol. The van der Waals surface area contributed by atoms with E-state index in [9.17, 15) is 9.18 Å². The highest BCUT2D eigenvalue weighted by atomic mass is 32.2. The fourth-order valence-corrected chi connectivity index (χ4v) is 5.02. The molecule has 0 unspecified atom stereocenters. The molecule has 0 aliphatic heterocycles. The smallest absolute Gasteiger partial charge is 0.236 e. The van der Waals surface area contributed by atoms with Crippen LogP contribution >= 0.6 is 34.4 Å². The highest BCUT2D eigenvalue weighted by Crippen LogP contribution is 2.28. The second-order valence-electron chi connectivity index (χ2n) is 6.18. The van der Waals surface area contributed by atoms with E-state index in [2.05, 4.69) is 31.9 Å². The molecule has 29 heavy (non-hydrogen) atoms. The van der Waals surface area contributed by atoms with Gasteiger partial charge in [0, 0.05) is 6.54 Å². The Balaban J connectivity index is 1.27. The van der Waals surface area contributed by atoms with E-state index in [4.69, 9.17) is 0 Å². The summed E-state index contributed by atoms with van der Waals surface area (Å²) in [5.41, 5.74) is 2.99. The number of halogens is 1. The Bertz CT molecular complexity index is 1140. The summed E-state index contributed by atoms with van der Waals surface area (Å²) in [5.74, 6) is -0.175. The molecule has 6 nitrogen and oxygen atoms in total. The third-order valence-corrected chi connectivity index (χ3v) is 6.83. The molecule has 10 heteroatoms. The van der Waals surface area contributed by atoms with Crippen LogP contribution in [-0.2, 0) is 11.3 Å². The van der Waals surface area contributed by atoms with Gasteiger partial charge in [-0.15, -0.1) is 10.2 Å². The van der Waals surface area contributed by atoms with E-state index in [-0.39, 0.29) is 17.5 Å². The number of rotatable bonds is 7. The van der Waals surface area contributed by atoms with Gasteiger partial charge in [0.1, 0.15) is 5.82 Å².